The molecule has 0 unspecified atom stereocenters. The van der Waals surface area contributed by atoms with E-state index in [2.05, 4.69) is 36.6 Å². The number of carbonyl (C=O) groups is 1. The Morgan fingerprint density at radius 1 is 1.57 bits per heavy atom. The molecular weight excluding hydrogens is 198 g/mol. The van der Waals surface area contributed by atoms with Crippen LogP contribution in [0.15, 0.2) is 5.10 Å². The standard InChI is InChI=1S/C9H15N3OS/c1-9(2)4-6(3-7(13)5-9)11-12-8(10)14/h3-5H2,1-2H3,(H3,10,12,14)/b11-6-. The summed E-state index contributed by atoms with van der Waals surface area (Å²) in [4.78, 5) is 11.4. The van der Waals surface area contributed by atoms with Crippen LogP contribution in [0.1, 0.15) is 33.1 Å². The van der Waals surface area contributed by atoms with Gasteiger partial charge in [0.2, 0.25) is 0 Å². The highest BCUT2D eigenvalue weighted by molar-refractivity contribution is 7.80. The molecule has 0 atom stereocenters. The zero-order chi connectivity index (χ0) is 10.8. The van der Waals surface area contributed by atoms with E-state index in [1.54, 1.807) is 0 Å². The number of hydrogen-bond acceptors (Lipinski definition) is 3. The van der Waals surface area contributed by atoms with Crippen LogP contribution >= 0.6 is 12.2 Å². The molecule has 0 radical (unpaired) electrons. The Kier molecular flexibility index (Phi) is 3.21. The van der Waals surface area contributed by atoms with E-state index in [4.69, 9.17) is 5.73 Å². The zero-order valence-corrected chi connectivity index (χ0v) is 9.28. The third-order valence-electron chi connectivity index (χ3n) is 2.08. The normalized spacial score (nSPS) is 23.6. The second-order valence-electron chi connectivity index (χ2n) is 4.39. The van der Waals surface area contributed by atoms with E-state index in [9.17, 15) is 4.79 Å². The summed E-state index contributed by atoms with van der Waals surface area (Å²) < 4.78 is 0. The first-order valence-electron chi connectivity index (χ1n) is 4.52. The molecule has 1 aliphatic carbocycles. The highest BCUT2D eigenvalue weighted by Crippen LogP contribution is 2.31. The summed E-state index contributed by atoms with van der Waals surface area (Å²) in [7, 11) is 0. The lowest BCUT2D eigenvalue weighted by Gasteiger charge is -2.28. The van der Waals surface area contributed by atoms with Crippen LogP contribution in [0.25, 0.3) is 0 Å². The van der Waals surface area contributed by atoms with Crippen molar-refractivity contribution in [1.29, 1.82) is 0 Å². The minimum atomic E-state index is 0.00602. The van der Waals surface area contributed by atoms with E-state index < -0.39 is 0 Å². The average molecular weight is 213 g/mol. The number of nitrogens with zero attached hydrogens (tertiary/aromatic N) is 1. The average Bonchev–Trinajstić information content (AvgIpc) is 1.96. The van der Waals surface area contributed by atoms with Gasteiger partial charge in [0.1, 0.15) is 5.78 Å². The maximum atomic E-state index is 11.4. The van der Waals surface area contributed by atoms with Gasteiger partial charge in [-0.2, -0.15) is 5.10 Å². The van der Waals surface area contributed by atoms with Gasteiger partial charge in [-0.1, -0.05) is 13.8 Å². The molecule has 3 N–H and O–H groups in total. The lowest BCUT2D eigenvalue weighted by molar-refractivity contribution is -0.120. The smallest absolute Gasteiger partial charge is 0.184 e. The van der Waals surface area contributed by atoms with E-state index in [1.807, 2.05) is 0 Å². The second kappa shape index (κ2) is 4.04. The van der Waals surface area contributed by atoms with E-state index in [0.717, 1.165) is 12.1 Å². The van der Waals surface area contributed by atoms with Crippen molar-refractivity contribution < 1.29 is 4.79 Å². The molecule has 78 valence electrons. The number of thiocarbonyl (C=S) groups is 1. The molecule has 0 saturated heterocycles. The topological polar surface area (TPSA) is 67.5 Å². The highest BCUT2D eigenvalue weighted by Gasteiger charge is 2.30. The van der Waals surface area contributed by atoms with Crippen LogP contribution in [-0.4, -0.2) is 16.6 Å². The number of hydrogen-bond donors (Lipinski definition) is 2. The van der Waals surface area contributed by atoms with Crippen LogP contribution in [0.5, 0.6) is 0 Å². The third kappa shape index (κ3) is 3.41. The van der Waals surface area contributed by atoms with Gasteiger partial charge in [-0.15, -0.1) is 0 Å². The first-order chi connectivity index (χ1) is 6.39. The van der Waals surface area contributed by atoms with Crippen molar-refractivity contribution in [3.63, 3.8) is 0 Å². The number of Topliss-reactive ketones (excluding diaryl/α,β-unsaturated/α-hetero) is 1. The Bertz CT molecular complexity index is 296. The number of nitrogens with two attached hydrogens (primary N) is 1. The molecule has 0 amide bonds. The molecule has 0 aliphatic heterocycles. The third-order valence-corrected chi connectivity index (χ3v) is 2.18. The Hall–Kier alpha value is -0.970. The molecular formula is C9H15N3OS. The molecule has 0 aromatic heterocycles. The van der Waals surface area contributed by atoms with Crippen molar-refractivity contribution in [3.8, 4) is 0 Å². The summed E-state index contributed by atoms with van der Waals surface area (Å²) in [6, 6.07) is 0. The van der Waals surface area contributed by atoms with Crippen LogP contribution < -0.4 is 11.2 Å². The molecule has 1 aliphatic rings. The van der Waals surface area contributed by atoms with Crippen molar-refractivity contribution >= 4 is 28.8 Å². The maximum Gasteiger partial charge on any atom is 0.184 e. The largest absolute Gasteiger partial charge is 0.375 e. The van der Waals surface area contributed by atoms with Crippen LogP contribution in [-0.2, 0) is 4.79 Å². The Morgan fingerprint density at radius 3 is 2.71 bits per heavy atom. The first kappa shape index (κ1) is 11.1. The van der Waals surface area contributed by atoms with Gasteiger partial charge in [0.05, 0.1) is 0 Å². The quantitative estimate of drug-likeness (QED) is 0.503. The van der Waals surface area contributed by atoms with Gasteiger partial charge in [0, 0.05) is 18.6 Å². The van der Waals surface area contributed by atoms with E-state index >= 15 is 0 Å². The molecule has 14 heavy (non-hydrogen) atoms. The molecule has 0 spiro atoms. The van der Waals surface area contributed by atoms with Gasteiger partial charge in [0.15, 0.2) is 5.11 Å². The lowest BCUT2D eigenvalue weighted by atomic mass is 9.76. The molecule has 5 heteroatoms. The van der Waals surface area contributed by atoms with Crippen LogP contribution in [0.4, 0.5) is 0 Å². The fourth-order valence-corrected chi connectivity index (χ4v) is 1.76. The minimum absolute atomic E-state index is 0.00602. The summed E-state index contributed by atoms with van der Waals surface area (Å²) in [5.74, 6) is 0.227. The van der Waals surface area contributed by atoms with Crippen molar-refractivity contribution in [1.82, 2.24) is 5.43 Å². The number of hydrazone groups is 1. The monoisotopic (exact) mass is 213 g/mol. The van der Waals surface area contributed by atoms with E-state index in [0.29, 0.717) is 12.8 Å². The van der Waals surface area contributed by atoms with Crippen molar-refractivity contribution in [2.75, 3.05) is 0 Å². The Labute approximate surface area is 88.9 Å². The van der Waals surface area contributed by atoms with Crippen LogP contribution in [0.3, 0.4) is 0 Å². The van der Waals surface area contributed by atoms with Gasteiger partial charge >= 0.3 is 0 Å². The minimum Gasteiger partial charge on any atom is -0.375 e. The number of carbonyl (C=O) groups excluding carboxylic acids is 1. The van der Waals surface area contributed by atoms with Crippen molar-refractivity contribution in [2.24, 2.45) is 16.3 Å². The van der Waals surface area contributed by atoms with Gasteiger partial charge in [0.25, 0.3) is 0 Å². The lowest BCUT2D eigenvalue weighted by Crippen LogP contribution is -2.32. The summed E-state index contributed by atoms with van der Waals surface area (Å²) in [5.41, 5.74) is 8.60. The molecule has 0 heterocycles. The second-order valence-corrected chi connectivity index (χ2v) is 4.83. The number of ketones is 1. The fourth-order valence-electron chi connectivity index (χ4n) is 1.71. The van der Waals surface area contributed by atoms with Gasteiger partial charge < -0.3 is 5.73 Å². The molecule has 0 aromatic carbocycles. The predicted molar refractivity (Wildman–Crippen MR) is 60.0 cm³/mol. The predicted octanol–water partition coefficient (Wildman–Crippen LogP) is 0.955. The maximum absolute atomic E-state index is 11.4. The first-order valence-corrected chi connectivity index (χ1v) is 4.92. The molecule has 0 bridgehead atoms. The van der Waals surface area contributed by atoms with Crippen molar-refractivity contribution in [2.45, 2.75) is 33.1 Å². The van der Waals surface area contributed by atoms with Gasteiger partial charge in [-0.05, 0) is 24.1 Å². The SMILES string of the molecule is CC1(C)CC(=O)C/C(=N/NC(N)=S)C1. The van der Waals surface area contributed by atoms with Crippen LogP contribution in [0.2, 0.25) is 0 Å². The molecule has 0 aromatic rings. The van der Waals surface area contributed by atoms with E-state index in [-0.39, 0.29) is 16.3 Å². The van der Waals surface area contributed by atoms with Crippen molar-refractivity contribution in [3.05, 3.63) is 0 Å². The summed E-state index contributed by atoms with van der Waals surface area (Å²) >= 11 is 4.63. The van der Waals surface area contributed by atoms with Gasteiger partial charge in [-0.3, -0.25) is 10.2 Å². The Morgan fingerprint density at radius 2 is 2.21 bits per heavy atom. The highest BCUT2D eigenvalue weighted by atomic mass is 32.1. The molecule has 1 saturated carbocycles. The summed E-state index contributed by atoms with van der Waals surface area (Å²) in [5, 5.41) is 4.14. The Balaban J connectivity index is 2.66. The molecule has 4 nitrogen and oxygen atoms in total. The van der Waals surface area contributed by atoms with Crippen LogP contribution in [0, 0.1) is 5.41 Å². The summed E-state index contributed by atoms with van der Waals surface area (Å²) in [6.45, 7) is 4.11. The number of rotatable bonds is 1. The molecule has 1 fully saturated rings. The summed E-state index contributed by atoms with van der Waals surface area (Å²) in [6.07, 6.45) is 1.85. The molecule has 1 rings (SSSR count). The zero-order valence-electron chi connectivity index (χ0n) is 8.46. The number of nitrogens with one attached hydrogen (secondary N) is 1. The fraction of sp³-hybridized carbons (Fsp3) is 0.667. The van der Waals surface area contributed by atoms with E-state index in [1.165, 1.54) is 0 Å². The van der Waals surface area contributed by atoms with Gasteiger partial charge in [-0.25, -0.2) is 0 Å².